The molecule has 0 saturated carbocycles. The molecule has 4 aromatic rings. The number of nitrogens with zero attached hydrogens (tertiary/aromatic N) is 3. The van der Waals surface area contributed by atoms with Crippen LogP contribution in [0.1, 0.15) is 42.1 Å². The predicted molar refractivity (Wildman–Crippen MR) is 148 cm³/mol. The number of ether oxygens (including phenoxy) is 1. The summed E-state index contributed by atoms with van der Waals surface area (Å²) in [7, 11) is 0. The van der Waals surface area contributed by atoms with E-state index in [1.807, 2.05) is 91.9 Å². The minimum absolute atomic E-state index is 0.139. The molecule has 2 unspecified atom stereocenters. The number of anilines is 2. The van der Waals surface area contributed by atoms with Crippen LogP contribution < -0.4 is 10.2 Å². The van der Waals surface area contributed by atoms with Gasteiger partial charge >= 0.3 is 5.97 Å². The van der Waals surface area contributed by atoms with Gasteiger partial charge < -0.3 is 15.0 Å². The Morgan fingerprint density at radius 1 is 0.974 bits per heavy atom. The third-order valence-corrected chi connectivity index (χ3v) is 6.65. The molecule has 188 valence electrons. The van der Waals surface area contributed by atoms with Gasteiger partial charge in [0.1, 0.15) is 0 Å². The summed E-state index contributed by atoms with van der Waals surface area (Å²) in [6, 6.07) is 33.1. The highest BCUT2D eigenvalue weighted by Crippen LogP contribution is 2.47. The second-order valence-electron chi connectivity index (χ2n) is 8.99. The lowest BCUT2D eigenvalue weighted by Gasteiger charge is -2.45. The molecule has 0 fully saturated rings. The first-order valence-corrected chi connectivity index (χ1v) is 12.6. The third kappa shape index (κ3) is 5.14. The molecule has 6 heteroatoms. The third-order valence-electron chi connectivity index (χ3n) is 6.65. The highest BCUT2D eigenvalue weighted by Gasteiger charge is 2.41. The smallest absolute Gasteiger partial charge is 0.338 e. The number of para-hydroxylation sites is 2. The van der Waals surface area contributed by atoms with Crippen LogP contribution in [0.2, 0.25) is 0 Å². The van der Waals surface area contributed by atoms with Gasteiger partial charge in [-0.25, -0.2) is 4.79 Å². The molecule has 3 aromatic carbocycles. The SMILES string of the molecule is CCOC(=O)C1=C(Nc2ccccc2)CC(c2ccc(C#N)cc2)N(c2ccccc2)C1c1cccnc1. The molecular formula is C32H28N4O2. The molecule has 0 bridgehead atoms. The number of aromatic nitrogens is 1. The second kappa shape index (κ2) is 11.4. The summed E-state index contributed by atoms with van der Waals surface area (Å²) in [6.45, 7) is 2.09. The Kier molecular flexibility index (Phi) is 7.47. The van der Waals surface area contributed by atoms with Crippen molar-refractivity contribution in [2.45, 2.75) is 25.4 Å². The largest absolute Gasteiger partial charge is 0.463 e. The van der Waals surface area contributed by atoms with Crippen LogP contribution in [-0.4, -0.2) is 17.6 Å². The van der Waals surface area contributed by atoms with Crippen molar-refractivity contribution in [3.05, 3.63) is 137 Å². The lowest BCUT2D eigenvalue weighted by molar-refractivity contribution is -0.139. The summed E-state index contributed by atoms with van der Waals surface area (Å²) < 4.78 is 5.64. The molecule has 38 heavy (non-hydrogen) atoms. The minimum Gasteiger partial charge on any atom is -0.463 e. The van der Waals surface area contributed by atoms with E-state index in [2.05, 4.69) is 33.4 Å². The monoisotopic (exact) mass is 500 g/mol. The van der Waals surface area contributed by atoms with Crippen LogP contribution in [0.4, 0.5) is 11.4 Å². The van der Waals surface area contributed by atoms with Crippen molar-refractivity contribution in [1.29, 1.82) is 5.26 Å². The number of esters is 1. The van der Waals surface area contributed by atoms with Crippen molar-refractivity contribution >= 4 is 17.3 Å². The quantitative estimate of drug-likeness (QED) is 0.289. The van der Waals surface area contributed by atoms with Crippen LogP contribution in [0.25, 0.3) is 0 Å². The summed E-state index contributed by atoms with van der Waals surface area (Å²) in [5.74, 6) is -0.362. The van der Waals surface area contributed by atoms with Crippen LogP contribution in [-0.2, 0) is 9.53 Å². The van der Waals surface area contributed by atoms with Gasteiger partial charge in [0.15, 0.2) is 0 Å². The zero-order valence-corrected chi connectivity index (χ0v) is 21.1. The van der Waals surface area contributed by atoms with Gasteiger partial charge in [0.05, 0.1) is 35.9 Å². The second-order valence-corrected chi connectivity index (χ2v) is 8.99. The zero-order chi connectivity index (χ0) is 26.3. The van der Waals surface area contributed by atoms with Gasteiger partial charge in [-0.15, -0.1) is 0 Å². The Balaban J connectivity index is 1.76. The first-order valence-electron chi connectivity index (χ1n) is 12.6. The number of nitrogens with one attached hydrogen (secondary N) is 1. The molecule has 0 spiro atoms. The number of benzene rings is 3. The van der Waals surface area contributed by atoms with E-state index in [4.69, 9.17) is 4.74 Å². The highest BCUT2D eigenvalue weighted by atomic mass is 16.5. The van der Waals surface area contributed by atoms with Crippen LogP contribution in [0.15, 0.2) is 121 Å². The molecule has 2 heterocycles. The molecule has 5 rings (SSSR count). The van der Waals surface area contributed by atoms with Crippen molar-refractivity contribution in [3.8, 4) is 6.07 Å². The number of carbonyl (C=O) groups excluding carboxylic acids is 1. The molecule has 1 aromatic heterocycles. The fraction of sp³-hybridized carbons (Fsp3) is 0.156. The summed E-state index contributed by atoms with van der Waals surface area (Å²) in [5, 5.41) is 12.9. The van der Waals surface area contributed by atoms with Crippen LogP contribution in [0.5, 0.6) is 0 Å². The van der Waals surface area contributed by atoms with Gasteiger partial charge in [-0.3, -0.25) is 4.98 Å². The van der Waals surface area contributed by atoms with Crippen LogP contribution in [0.3, 0.4) is 0 Å². The number of pyridine rings is 1. The predicted octanol–water partition coefficient (Wildman–Crippen LogP) is 6.58. The topological polar surface area (TPSA) is 78.2 Å². The van der Waals surface area contributed by atoms with E-state index in [0.29, 0.717) is 17.6 Å². The molecule has 1 aliphatic rings. The maximum absolute atomic E-state index is 13.7. The van der Waals surface area contributed by atoms with E-state index in [0.717, 1.165) is 28.2 Å². The van der Waals surface area contributed by atoms with E-state index < -0.39 is 6.04 Å². The average Bonchev–Trinajstić information content (AvgIpc) is 2.98. The normalized spacial score (nSPS) is 17.0. The Morgan fingerprint density at radius 3 is 2.32 bits per heavy atom. The zero-order valence-electron chi connectivity index (χ0n) is 21.1. The lowest BCUT2D eigenvalue weighted by atomic mass is 9.84. The summed E-state index contributed by atoms with van der Waals surface area (Å²) in [6.07, 6.45) is 4.07. The molecular weight excluding hydrogens is 472 g/mol. The van der Waals surface area contributed by atoms with Gasteiger partial charge in [-0.2, -0.15) is 5.26 Å². The lowest BCUT2D eigenvalue weighted by Crippen LogP contribution is -2.41. The summed E-state index contributed by atoms with van der Waals surface area (Å²) in [5.41, 5.74) is 5.73. The molecule has 6 nitrogen and oxygen atoms in total. The number of rotatable bonds is 7. The maximum Gasteiger partial charge on any atom is 0.338 e. The number of hydrogen-bond donors (Lipinski definition) is 1. The van der Waals surface area contributed by atoms with E-state index in [1.54, 1.807) is 12.4 Å². The van der Waals surface area contributed by atoms with Crippen molar-refractivity contribution in [2.75, 3.05) is 16.8 Å². The molecule has 0 saturated heterocycles. The van der Waals surface area contributed by atoms with Gasteiger partial charge in [0, 0.05) is 35.9 Å². The Hall–Kier alpha value is -4.89. The standard InChI is InChI=1S/C32H28N4O2/c1-2-38-32(37)30-28(35-26-11-5-3-6-12-26)20-29(24-17-15-23(21-33)16-18-24)36(27-13-7-4-8-14-27)31(30)25-10-9-19-34-22-25/h3-19,22,29,31,35H,2,20H2,1H3. The highest BCUT2D eigenvalue weighted by molar-refractivity contribution is 5.93. The molecule has 1 N–H and O–H groups in total. The van der Waals surface area contributed by atoms with E-state index in [-0.39, 0.29) is 18.6 Å². The van der Waals surface area contributed by atoms with Crippen molar-refractivity contribution in [1.82, 2.24) is 4.98 Å². The van der Waals surface area contributed by atoms with Gasteiger partial charge in [0.25, 0.3) is 0 Å². The Labute approximate surface area is 222 Å². The first kappa shape index (κ1) is 24.8. The summed E-state index contributed by atoms with van der Waals surface area (Å²) >= 11 is 0. The van der Waals surface area contributed by atoms with Crippen molar-refractivity contribution < 1.29 is 9.53 Å². The minimum atomic E-state index is -0.467. The average molecular weight is 501 g/mol. The fourth-order valence-electron chi connectivity index (χ4n) is 5.00. The molecule has 0 amide bonds. The van der Waals surface area contributed by atoms with E-state index >= 15 is 0 Å². The van der Waals surface area contributed by atoms with Crippen LogP contribution in [0, 0.1) is 11.3 Å². The summed E-state index contributed by atoms with van der Waals surface area (Å²) in [4.78, 5) is 20.3. The Morgan fingerprint density at radius 2 is 1.68 bits per heavy atom. The van der Waals surface area contributed by atoms with E-state index in [1.165, 1.54) is 0 Å². The molecule has 2 atom stereocenters. The van der Waals surface area contributed by atoms with Gasteiger partial charge in [-0.1, -0.05) is 54.6 Å². The maximum atomic E-state index is 13.7. The first-order chi connectivity index (χ1) is 18.7. The van der Waals surface area contributed by atoms with Crippen LogP contribution >= 0.6 is 0 Å². The number of carbonyl (C=O) groups is 1. The van der Waals surface area contributed by atoms with Gasteiger partial charge in [0.2, 0.25) is 0 Å². The Bertz CT molecular complexity index is 1450. The fourth-order valence-corrected chi connectivity index (χ4v) is 5.00. The van der Waals surface area contributed by atoms with Gasteiger partial charge in [-0.05, 0) is 60.5 Å². The molecule has 0 aliphatic carbocycles. The molecule has 0 radical (unpaired) electrons. The number of nitriles is 1. The van der Waals surface area contributed by atoms with E-state index in [9.17, 15) is 10.1 Å². The number of hydrogen-bond acceptors (Lipinski definition) is 6. The van der Waals surface area contributed by atoms with Crippen molar-refractivity contribution in [2.24, 2.45) is 0 Å². The van der Waals surface area contributed by atoms with Crippen molar-refractivity contribution in [3.63, 3.8) is 0 Å². The molecule has 1 aliphatic heterocycles.